The van der Waals surface area contributed by atoms with Crippen molar-refractivity contribution in [2.75, 3.05) is 39.1 Å². The van der Waals surface area contributed by atoms with Crippen LogP contribution in [0, 0.1) is 10.1 Å². The van der Waals surface area contributed by atoms with Gasteiger partial charge < -0.3 is 9.80 Å². The molecule has 1 aliphatic heterocycles. The topological polar surface area (TPSA) is 87.8 Å². The molecule has 0 unspecified atom stereocenters. The van der Waals surface area contributed by atoms with Crippen LogP contribution >= 0.6 is 0 Å². The molecule has 4 rings (SSSR count). The monoisotopic (exact) mass is 462 g/mol. The summed E-state index contributed by atoms with van der Waals surface area (Å²) in [5, 5.41) is 11.5. The molecule has 0 spiro atoms. The zero-order valence-corrected chi connectivity index (χ0v) is 19.8. The normalized spacial score (nSPS) is 14.7. The van der Waals surface area contributed by atoms with Gasteiger partial charge in [-0.2, -0.15) is 0 Å². The van der Waals surface area contributed by atoms with Crippen molar-refractivity contribution in [1.82, 2.24) is 19.4 Å². The smallest absolute Gasteiger partial charge is 0.329 e. The first kappa shape index (κ1) is 23.4. The van der Waals surface area contributed by atoms with Crippen molar-refractivity contribution in [1.29, 1.82) is 0 Å². The van der Waals surface area contributed by atoms with Crippen LogP contribution in [0.1, 0.15) is 18.4 Å². The number of anilines is 1. The number of rotatable bonds is 6. The third-order valence-electron chi connectivity index (χ3n) is 6.41. The van der Waals surface area contributed by atoms with Gasteiger partial charge in [0.25, 0.3) is 5.69 Å². The second kappa shape index (κ2) is 10.0. The van der Waals surface area contributed by atoms with E-state index in [2.05, 4.69) is 34.1 Å². The van der Waals surface area contributed by atoms with E-state index in [1.165, 1.54) is 22.5 Å². The molecule has 3 aromatic rings. The quantitative estimate of drug-likeness (QED) is 0.405. The third kappa shape index (κ3) is 5.09. The molecule has 9 heteroatoms. The Labute approximate surface area is 199 Å². The number of nitro benzene ring substituents is 1. The van der Waals surface area contributed by atoms with Crippen LogP contribution in [0.25, 0.3) is 11.3 Å². The molecule has 0 aliphatic carbocycles. The van der Waals surface area contributed by atoms with Gasteiger partial charge in [0.2, 0.25) is 0 Å². The summed E-state index contributed by atoms with van der Waals surface area (Å²) in [6, 6.07) is 15.4. The van der Waals surface area contributed by atoms with Crippen LogP contribution in [0.5, 0.6) is 0 Å². The lowest BCUT2D eigenvalue weighted by atomic mass is 10.0. The summed E-state index contributed by atoms with van der Waals surface area (Å²) >= 11 is 0. The Hall–Kier alpha value is -3.72. The standard InChI is InChI=1S/C25H30N6O3/c1-27(2)23-10-9-20(15-24(23)31(33)34)22-17-30(18-26-22)25(32)28(3)21-11-13-29(14-12-21)16-19-7-5-4-6-8-19/h4-10,15,17-18,21H,11-14,16H2,1-3H3. The van der Waals surface area contributed by atoms with Crippen LogP contribution in [0.4, 0.5) is 16.2 Å². The molecule has 0 saturated carbocycles. The Bertz CT molecular complexity index is 1150. The molecule has 9 nitrogen and oxygen atoms in total. The summed E-state index contributed by atoms with van der Waals surface area (Å²) in [5.41, 5.74) is 2.94. The van der Waals surface area contributed by atoms with Crippen LogP contribution in [0.2, 0.25) is 0 Å². The highest BCUT2D eigenvalue weighted by Crippen LogP contribution is 2.31. The number of hydrogen-bond donors (Lipinski definition) is 0. The average molecular weight is 463 g/mol. The van der Waals surface area contributed by atoms with E-state index in [9.17, 15) is 14.9 Å². The summed E-state index contributed by atoms with van der Waals surface area (Å²) in [6.45, 7) is 2.80. The predicted octanol–water partition coefficient (Wildman–Crippen LogP) is 4.09. The van der Waals surface area contributed by atoms with Crippen molar-refractivity contribution in [2.45, 2.75) is 25.4 Å². The largest absolute Gasteiger partial charge is 0.372 e. The lowest BCUT2D eigenvalue weighted by Crippen LogP contribution is -2.46. The van der Waals surface area contributed by atoms with E-state index in [-0.39, 0.29) is 17.8 Å². The highest BCUT2D eigenvalue weighted by molar-refractivity contribution is 5.79. The van der Waals surface area contributed by atoms with Gasteiger partial charge in [-0.3, -0.25) is 19.6 Å². The first-order chi connectivity index (χ1) is 16.3. The molecule has 0 atom stereocenters. The molecular formula is C25H30N6O3. The minimum absolute atomic E-state index is 0.00255. The van der Waals surface area contributed by atoms with E-state index in [0.29, 0.717) is 16.9 Å². The highest BCUT2D eigenvalue weighted by Gasteiger charge is 2.26. The molecule has 1 amide bonds. The maximum Gasteiger partial charge on any atom is 0.329 e. The van der Waals surface area contributed by atoms with Crippen molar-refractivity contribution >= 4 is 17.4 Å². The van der Waals surface area contributed by atoms with Gasteiger partial charge in [-0.25, -0.2) is 9.78 Å². The Morgan fingerprint density at radius 3 is 2.47 bits per heavy atom. The van der Waals surface area contributed by atoms with Crippen molar-refractivity contribution in [3.8, 4) is 11.3 Å². The molecule has 178 valence electrons. The van der Waals surface area contributed by atoms with Crippen molar-refractivity contribution < 1.29 is 9.72 Å². The molecular weight excluding hydrogens is 432 g/mol. The van der Waals surface area contributed by atoms with Gasteiger partial charge in [0.05, 0.1) is 10.6 Å². The zero-order valence-electron chi connectivity index (χ0n) is 19.8. The average Bonchev–Trinajstić information content (AvgIpc) is 3.34. The Balaban J connectivity index is 1.40. The van der Waals surface area contributed by atoms with Crippen LogP contribution in [0.3, 0.4) is 0 Å². The summed E-state index contributed by atoms with van der Waals surface area (Å²) in [4.78, 5) is 34.4. The molecule has 1 aromatic heterocycles. The van der Waals surface area contributed by atoms with Crippen LogP contribution in [-0.4, -0.2) is 70.6 Å². The lowest BCUT2D eigenvalue weighted by molar-refractivity contribution is -0.384. The van der Waals surface area contributed by atoms with Crippen molar-refractivity contribution in [3.63, 3.8) is 0 Å². The van der Waals surface area contributed by atoms with Crippen LogP contribution < -0.4 is 4.90 Å². The summed E-state index contributed by atoms with van der Waals surface area (Å²) in [6.07, 6.45) is 4.94. The minimum Gasteiger partial charge on any atom is -0.372 e. The summed E-state index contributed by atoms with van der Waals surface area (Å²) in [5.74, 6) is 0. The van der Waals surface area contributed by atoms with Crippen molar-refractivity contribution in [3.05, 3.63) is 76.7 Å². The van der Waals surface area contributed by atoms with Gasteiger partial charge in [-0.1, -0.05) is 36.4 Å². The van der Waals surface area contributed by atoms with Gasteiger partial charge in [-0.15, -0.1) is 0 Å². The van der Waals surface area contributed by atoms with Gasteiger partial charge in [0.15, 0.2) is 0 Å². The van der Waals surface area contributed by atoms with E-state index in [1.807, 2.05) is 13.1 Å². The number of nitrogens with zero attached hydrogens (tertiary/aromatic N) is 6. The molecule has 2 heterocycles. The van der Waals surface area contributed by atoms with Crippen LogP contribution in [0.15, 0.2) is 61.1 Å². The Morgan fingerprint density at radius 1 is 1.12 bits per heavy atom. The Kier molecular flexibility index (Phi) is 6.93. The second-order valence-electron chi connectivity index (χ2n) is 8.91. The lowest BCUT2D eigenvalue weighted by Gasteiger charge is -2.36. The summed E-state index contributed by atoms with van der Waals surface area (Å²) < 4.78 is 1.46. The number of amides is 1. The van der Waals surface area contributed by atoms with E-state index >= 15 is 0 Å². The molecule has 0 bridgehead atoms. The van der Waals surface area contributed by atoms with Crippen molar-refractivity contribution in [2.24, 2.45) is 0 Å². The molecule has 2 aromatic carbocycles. The molecule has 1 saturated heterocycles. The van der Waals surface area contributed by atoms with Gasteiger partial charge in [0.1, 0.15) is 12.0 Å². The van der Waals surface area contributed by atoms with E-state index in [1.54, 1.807) is 42.2 Å². The number of hydrogen-bond acceptors (Lipinski definition) is 6. The maximum atomic E-state index is 13.1. The molecule has 1 aliphatic rings. The van der Waals surface area contributed by atoms with E-state index in [0.717, 1.165) is 32.5 Å². The molecule has 1 fully saturated rings. The fraction of sp³-hybridized carbons (Fsp3) is 0.360. The number of aromatic nitrogens is 2. The third-order valence-corrected chi connectivity index (χ3v) is 6.41. The molecule has 34 heavy (non-hydrogen) atoms. The van der Waals surface area contributed by atoms with Crippen LogP contribution in [-0.2, 0) is 6.54 Å². The number of carbonyl (C=O) groups is 1. The fourth-order valence-corrected chi connectivity index (χ4v) is 4.43. The highest BCUT2D eigenvalue weighted by atomic mass is 16.6. The first-order valence-electron chi connectivity index (χ1n) is 11.4. The Morgan fingerprint density at radius 2 is 1.82 bits per heavy atom. The zero-order chi connectivity index (χ0) is 24.2. The van der Waals surface area contributed by atoms with E-state index in [4.69, 9.17) is 0 Å². The minimum atomic E-state index is -0.404. The second-order valence-corrected chi connectivity index (χ2v) is 8.91. The summed E-state index contributed by atoms with van der Waals surface area (Å²) in [7, 11) is 5.35. The molecule has 0 N–H and O–H groups in total. The van der Waals surface area contributed by atoms with Gasteiger partial charge in [-0.05, 0) is 24.5 Å². The van der Waals surface area contributed by atoms with Gasteiger partial charge in [0, 0.05) is 64.6 Å². The first-order valence-corrected chi connectivity index (χ1v) is 11.4. The molecule has 0 radical (unpaired) electrons. The number of nitro groups is 1. The fourth-order valence-electron chi connectivity index (χ4n) is 4.43. The number of imidazole rings is 1. The number of likely N-dealkylation sites (tertiary alicyclic amines) is 1. The number of benzene rings is 2. The van der Waals surface area contributed by atoms with Gasteiger partial charge >= 0.3 is 6.03 Å². The number of piperidine rings is 1. The van der Waals surface area contributed by atoms with E-state index < -0.39 is 4.92 Å². The number of carbonyl (C=O) groups excluding carboxylic acids is 1. The predicted molar refractivity (Wildman–Crippen MR) is 132 cm³/mol. The SMILES string of the molecule is CN(C)c1ccc(-c2cn(C(=O)N(C)C3CCN(Cc4ccccc4)CC3)cn2)cc1[N+](=O)[O-]. The maximum absolute atomic E-state index is 13.1.